The summed E-state index contributed by atoms with van der Waals surface area (Å²) in [6, 6.07) is 5.00. The second-order valence-electron chi connectivity index (χ2n) is 4.65. The first-order valence-electron chi connectivity index (χ1n) is 6.76. The van der Waals surface area contributed by atoms with E-state index in [1.165, 1.54) is 11.3 Å². The Morgan fingerprint density at radius 3 is 2.67 bits per heavy atom. The molecule has 0 atom stereocenters. The second-order valence-corrected chi connectivity index (χ2v) is 7.64. The number of hydrogen-bond donors (Lipinski definition) is 2. The van der Waals surface area contributed by atoms with Crippen LogP contribution in [0.2, 0.25) is 0 Å². The normalized spacial score (nSPS) is 11.5. The lowest BCUT2D eigenvalue weighted by molar-refractivity contribution is 0.601. The zero-order valence-electron chi connectivity index (χ0n) is 12.1. The summed E-state index contributed by atoms with van der Waals surface area (Å²) in [5.41, 5.74) is 0.515. The maximum atomic E-state index is 12.4. The van der Waals surface area contributed by atoms with Crippen LogP contribution in [0.15, 0.2) is 35.5 Å². The van der Waals surface area contributed by atoms with Crippen molar-refractivity contribution in [2.45, 2.75) is 31.7 Å². The van der Waals surface area contributed by atoms with E-state index in [-0.39, 0.29) is 0 Å². The fourth-order valence-electron chi connectivity index (χ4n) is 1.90. The van der Waals surface area contributed by atoms with Gasteiger partial charge in [0.15, 0.2) is 0 Å². The molecule has 2 aromatic heterocycles. The smallest absolute Gasteiger partial charge is 0.263 e. The summed E-state index contributed by atoms with van der Waals surface area (Å²) in [5.74, 6) is 0. The molecule has 114 valence electrons. The first kappa shape index (κ1) is 15.9. The van der Waals surface area contributed by atoms with Crippen LogP contribution in [-0.4, -0.2) is 19.9 Å². The highest BCUT2D eigenvalue weighted by atomic mass is 32.2. The number of anilines is 1. The number of hydrogen-bond acceptors (Lipinski definition) is 5. The molecule has 5 nitrogen and oxygen atoms in total. The number of nitrogens with one attached hydrogen (secondary N) is 2. The molecular formula is C14H19N3O2S2. The van der Waals surface area contributed by atoms with E-state index in [0.29, 0.717) is 17.1 Å². The van der Waals surface area contributed by atoms with E-state index in [1.807, 2.05) is 6.92 Å². The van der Waals surface area contributed by atoms with E-state index in [2.05, 4.69) is 21.9 Å². The molecule has 0 amide bonds. The molecule has 0 bridgehead atoms. The lowest BCUT2D eigenvalue weighted by Crippen LogP contribution is -2.14. The third-order valence-corrected chi connectivity index (χ3v) is 5.56. The van der Waals surface area contributed by atoms with E-state index in [0.717, 1.165) is 22.7 Å². The summed E-state index contributed by atoms with van der Waals surface area (Å²) >= 11 is 1.51. The minimum absolute atomic E-state index is 0.345. The van der Waals surface area contributed by atoms with Crippen LogP contribution in [0.25, 0.3) is 0 Å². The Kier molecular flexibility index (Phi) is 5.33. The molecule has 0 saturated heterocycles. The Hall–Kier alpha value is -1.44. The summed E-state index contributed by atoms with van der Waals surface area (Å²) in [5, 5.41) is 3.28. The number of thiophene rings is 1. The lowest BCUT2D eigenvalue weighted by atomic mass is 10.4. The van der Waals surface area contributed by atoms with Crippen LogP contribution in [0.5, 0.6) is 0 Å². The number of aromatic nitrogens is 1. The van der Waals surface area contributed by atoms with Crippen LogP contribution < -0.4 is 10.0 Å². The predicted molar refractivity (Wildman–Crippen MR) is 86.1 cm³/mol. The Labute approximate surface area is 129 Å². The molecule has 0 spiro atoms. The van der Waals surface area contributed by atoms with Crippen molar-refractivity contribution in [3.05, 3.63) is 40.3 Å². The minimum atomic E-state index is -3.55. The fourth-order valence-corrected chi connectivity index (χ4v) is 4.56. The first-order chi connectivity index (χ1) is 10.0. The van der Waals surface area contributed by atoms with Crippen molar-refractivity contribution in [1.29, 1.82) is 0 Å². The highest BCUT2D eigenvalue weighted by molar-refractivity contribution is 7.93. The van der Waals surface area contributed by atoms with Gasteiger partial charge in [0.25, 0.3) is 10.0 Å². The van der Waals surface area contributed by atoms with Gasteiger partial charge in [-0.1, -0.05) is 6.92 Å². The largest absolute Gasteiger partial charge is 0.312 e. The molecule has 0 aliphatic heterocycles. The third kappa shape index (κ3) is 4.26. The van der Waals surface area contributed by atoms with E-state index in [9.17, 15) is 8.42 Å². The molecule has 0 unspecified atom stereocenters. The van der Waals surface area contributed by atoms with Gasteiger partial charge in [0.2, 0.25) is 0 Å². The van der Waals surface area contributed by atoms with Gasteiger partial charge >= 0.3 is 0 Å². The van der Waals surface area contributed by atoms with Gasteiger partial charge in [0.05, 0.1) is 5.69 Å². The molecule has 2 heterocycles. The van der Waals surface area contributed by atoms with Crippen molar-refractivity contribution >= 4 is 27.0 Å². The standard InChI is InChI=1S/C14H19N3O2S2/c1-3-6-16-10-13-9-14(11(2)20-13)21(18,19)17-12-4-7-15-8-5-12/h4-5,7-9,16H,3,6,10H2,1-2H3,(H,15,17). The third-order valence-electron chi connectivity index (χ3n) is 2.87. The molecule has 7 heteroatoms. The highest BCUT2D eigenvalue weighted by Crippen LogP contribution is 2.27. The molecule has 2 aromatic rings. The second kappa shape index (κ2) is 7.02. The van der Waals surface area contributed by atoms with Gasteiger partial charge in [0.1, 0.15) is 4.90 Å². The van der Waals surface area contributed by atoms with Crippen LogP contribution in [0, 0.1) is 6.92 Å². The SMILES string of the molecule is CCCNCc1cc(S(=O)(=O)Nc2ccncc2)c(C)s1. The average Bonchev–Trinajstić information content (AvgIpc) is 2.82. The highest BCUT2D eigenvalue weighted by Gasteiger charge is 2.19. The number of pyridine rings is 1. The summed E-state index contributed by atoms with van der Waals surface area (Å²) in [4.78, 5) is 6.04. The molecule has 21 heavy (non-hydrogen) atoms. The van der Waals surface area contributed by atoms with Crippen molar-refractivity contribution in [3.63, 3.8) is 0 Å². The lowest BCUT2D eigenvalue weighted by Gasteiger charge is -2.06. The fraction of sp³-hybridized carbons (Fsp3) is 0.357. The zero-order valence-corrected chi connectivity index (χ0v) is 13.7. The minimum Gasteiger partial charge on any atom is -0.312 e. The van der Waals surface area contributed by atoms with Gasteiger partial charge in [-0.25, -0.2) is 8.42 Å². The molecule has 2 N–H and O–H groups in total. The quantitative estimate of drug-likeness (QED) is 0.768. The Bertz CT molecular complexity index is 681. The van der Waals surface area contributed by atoms with E-state index in [1.54, 1.807) is 30.6 Å². The van der Waals surface area contributed by atoms with Gasteiger partial charge in [0, 0.05) is 28.7 Å². The van der Waals surface area contributed by atoms with E-state index in [4.69, 9.17) is 0 Å². The van der Waals surface area contributed by atoms with Gasteiger partial charge < -0.3 is 5.32 Å². The van der Waals surface area contributed by atoms with Crippen LogP contribution >= 0.6 is 11.3 Å². The molecule has 2 rings (SSSR count). The van der Waals surface area contributed by atoms with Crippen molar-refractivity contribution in [2.24, 2.45) is 0 Å². The maximum Gasteiger partial charge on any atom is 0.263 e. The van der Waals surface area contributed by atoms with Crippen molar-refractivity contribution < 1.29 is 8.42 Å². The Morgan fingerprint density at radius 1 is 1.29 bits per heavy atom. The van der Waals surface area contributed by atoms with Crippen LogP contribution in [0.3, 0.4) is 0 Å². The molecule has 0 aliphatic rings. The number of aryl methyl sites for hydroxylation is 1. The van der Waals surface area contributed by atoms with E-state index < -0.39 is 10.0 Å². The maximum absolute atomic E-state index is 12.4. The first-order valence-corrected chi connectivity index (χ1v) is 9.06. The predicted octanol–water partition coefficient (Wildman–Crippen LogP) is 2.75. The zero-order chi connectivity index (χ0) is 15.3. The summed E-state index contributed by atoms with van der Waals surface area (Å²) in [6.45, 7) is 5.55. The van der Waals surface area contributed by atoms with Crippen LogP contribution in [0.4, 0.5) is 5.69 Å². The molecule has 0 fully saturated rings. The average molecular weight is 325 g/mol. The number of sulfonamides is 1. The van der Waals surface area contributed by atoms with Crippen molar-refractivity contribution in [1.82, 2.24) is 10.3 Å². The van der Waals surface area contributed by atoms with Crippen LogP contribution in [-0.2, 0) is 16.6 Å². The van der Waals surface area contributed by atoms with Gasteiger partial charge in [-0.3, -0.25) is 9.71 Å². The van der Waals surface area contributed by atoms with Gasteiger partial charge in [-0.05, 0) is 38.1 Å². The molecule has 0 aromatic carbocycles. The molecule has 0 aliphatic carbocycles. The molecule has 0 radical (unpaired) electrons. The molecular weight excluding hydrogens is 306 g/mol. The Morgan fingerprint density at radius 2 is 2.00 bits per heavy atom. The Balaban J connectivity index is 2.16. The molecule has 0 saturated carbocycles. The topological polar surface area (TPSA) is 71.1 Å². The van der Waals surface area contributed by atoms with Gasteiger partial charge in [-0.15, -0.1) is 11.3 Å². The van der Waals surface area contributed by atoms with Gasteiger partial charge in [-0.2, -0.15) is 0 Å². The monoisotopic (exact) mass is 325 g/mol. The summed E-state index contributed by atoms with van der Waals surface area (Å²) < 4.78 is 27.4. The summed E-state index contributed by atoms with van der Waals surface area (Å²) in [7, 11) is -3.55. The number of nitrogens with zero attached hydrogens (tertiary/aromatic N) is 1. The summed E-state index contributed by atoms with van der Waals surface area (Å²) in [6.07, 6.45) is 4.16. The van der Waals surface area contributed by atoms with E-state index >= 15 is 0 Å². The number of rotatable bonds is 7. The van der Waals surface area contributed by atoms with Crippen molar-refractivity contribution in [3.8, 4) is 0 Å². The van der Waals surface area contributed by atoms with Crippen molar-refractivity contribution in [2.75, 3.05) is 11.3 Å². The van der Waals surface area contributed by atoms with Crippen LogP contribution in [0.1, 0.15) is 23.1 Å².